The van der Waals surface area contributed by atoms with Crippen molar-refractivity contribution in [2.75, 3.05) is 50.6 Å². The van der Waals surface area contributed by atoms with E-state index in [4.69, 9.17) is 14.7 Å². The van der Waals surface area contributed by atoms with Crippen molar-refractivity contribution in [3.05, 3.63) is 47.0 Å². The van der Waals surface area contributed by atoms with Crippen molar-refractivity contribution >= 4 is 28.0 Å². The van der Waals surface area contributed by atoms with Crippen LogP contribution in [0.4, 0.5) is 16.6 Å². The van der Waals surface area contributed by atoms with Crippen LogP contribution in [-0.2, 0) is 0 Å². The van der Waals surface area contributed by atoms with Crippen LogP contribution in [0.15, 0.2) is 35.8 Å². The smallest absolute Gasteiger partial charge is 0.187 e. The van der Waals surface area contributed by atoms with Gasteiger partial charge in [-0.15, -0.1) is 11.3 Å². The number of anilines is 3. The minimum Gasteiger partial charge on any atom is -0.496 e. The number of aromatic nitrogens is 2. The zero-order valence-corrected chi connectivity index (χ0v) is 19.8. The van der Waals surface area contributed by atoms with Crippen molar-refractivity contribution in [1.82, 2.24) is 14.9 Å². The largest absolute Gasteiger partial charge is 0.496 e. The van der Waals surface area contributed by atoms with Crippen molar-refractivity contribution < 1.29 is 4.74 Å². The highest BCUT2D eigenvalue weighted by Crippen LogP contribution is 2.34. The van der Waals surface area contributed by atoms with Gasteiger partial charge in [0.15, 0.2) is 5.13 Å². The van der Waals surface area contributed by atoms with E-state index in [1.807, 2.05) is 6.20 Å². The second kappa shape index (κ2) is 9.24. The minimum absolute atomic E-state index is 0.382. The number of thiazole rings is 1. The number of benzene rings is 1. The molecule has 0 bridgehead atoms. The number of likely N-dealkylation sites (N-methyl/N-ethyl adjacent to an activating group) is 1. The summed E-state index contributed by atoms with van der Waals surface area (Å²) in [5.74, 6) is 2.36. The molecule has 1 fully saturated rings. The summed E-state index contributed by atoms with van der Waals surface area (Å²) in [6.45, 7) is 10.6. The summed E-state index contributed by atoms with van der Waals surface area (Å²) < 4.78 is 5.56. The molecular weight excluding hydrogens is 406 g/mol. The maximum Gasteiger partial charge on any atom is 0.187 e. The van der Waals surface area contributed by atoms with Crippen LogP contribution in [0.1, 0.15) is 30.9 Å². The maximum atomic E-state index is 5.56. The Morgan fingerprint density at radius 2 is 1.90 bits per heavy atom. The highest BCUT2D eigenvalue weighted by molar-refractivity contribution is 7.14. The third kappa shape index (κ3) is 4.83. The van der Waals surface area contributed by atoms with E-state index in [0.717, 1.165) is 65.4 Å². The van der Waals surface area contributed by atoms with Crippen molar-refractivity contribution in [3.63, 3.8) is 0 Å². The molecule has 1 aliphatic heterocycles. The molecule has 3 aromatic rings. The fraction of sp³-hybridized carbons (Fsp3) is 0.417. The highest BCUT2D eigenvalue weighted by Gasteiger charge is 2.16. The Morgan fingerprint density at radius 3 is 2.55 bits per heavy atom. The number of hydrogen-bond acceptors (Lipinski definition) is 7. The van der Waals surface area contributed by atoms with Crippen LogP contribution in [0.25, 0.3) is 11.3 Å². The second-order valence-corrected chi connectivity index (χ2v) is 9.28. The number of aryl methyl sites for hydroxylation is 1. The van der Waals surface area contributed by atoms with E-state index in [-0.39, 0.29) is 0 Å². The molecule has 4 rings (SSSR count). The number of methoxy groups -OCH3 is 1. The van der Waals surface area contributed by atoms with Crippen LogP contribution in [0.3, 0.4) is 0 Å². The van der Waals surface area contributed by atoms with E-state index in [1.54, 1.807) is 18.4 Å². The Kier molecular flexibility index (Phi) is 6.43. The van der Waals surface area contributed by atoms with Gasteiger partial charge in [-0.2, -0.15) is 0 Å². The van der Waals surface area contributed by atoms with Crippen LogP contribution in [0.5, 0.6) is 5.75 Å². The highest BCUT2D eigenvalue weighted by atomic mass is 32.1. The molecule has 0 radical (unpaired) electrons. The normalized spacial score (nSPS) is 14.8. The summed E-state index contributed by atoms with van der Waals surface area (Å²) in [5.41, 5.74) is 5.37. The zero-order chi connectivity index (χ0) is 22.0. The van der Waals surface area contributed by atoms with Gasteiger partial charge < -0.3 is 19.9 Å². The first-order chi connectivity index (χ1) is 14.9. The lowest BCUT2D eigenvalue weighted by Gasteiger charge is -2.33. The molecule has 164 valence electrons. The summed E-state index contributed by atoms with van der Waals surface area (Å²) in [5, 5.41) is 6.45. The number of piperazine rings is 1. The molecular formula is C24H31N5OS. The molecule has 7 heteroatoms. The monoisotopic (exact) mass is 437 g/mol. The lowest BCUT2D eigenvalue weighted by atomic mass is 9.99. The second-order valence-electron chi connectivity index (χ2n) is 8.42. The number of rotatable bonds is 6. The topological polar surface area (TPSA) is 53.5 Å². The average Bonchev–Trinajstić information content (AvgIpc) is 3.24. The van der Waals surface area contributed by atoms with Gasteiger partial charge >= 0.3 is 0 Å². The standard InChI is InChI=1S/C24H31N5OS/c1-16(2)19-13-20(17(3)12-22(19)30-5)26-24-27-21(15-31-24)18-6-7-23(25-14-18)29-10-8-28(4)9-11-29/h6-7,12-16H,8-11H2,1-5H3,(H,26,27). The molecule has 31 heavy (non-hydrogen) atoms. The third-order valence-corrected chi connectivity index (χ3v) is 6.57. The van der Waals surface area contributed by atoms with Crippen LogP contribution in [0, 0.1) is 6.92 Å². The number of ether oxygens (including phenoxy) is 1. The maximum absolute atomic E-state index is 5.56. The van der Waals surface area contributed by atoms with Gasteiger partial charge in [0.25, 0.3) is 0 Å². The molecule has 2 aromatic heterocycles. The minimum atomic E-state index is 0.382. The predicted octanol–water partition coefficient (Wildman–Crippen LogP) is 5.14. The van der Waals surface area contributed by atoms with E-state index in [2.05, 4.69) is 72.6 Å². The summed E-state index contributed by atoms with van der Waals surface area (Å²) >= 11 is 1.61. The first-order valence-electron chi connectivity index (χ1n) is 10.8. The molecule has 0 aliphatic carbocycles. The van der Waals surface area contributed by atoms with E-state index in [9.17, 15) is 0 Å². The Balaban J connectivity index is 1.49. The molecule has 1 aliphatic rings. The van der Waals surface area contributed by atoms with Crippen molar-refractivity contribution in [2.45, 2.75) is 26.7 Å². The molecule has 0 saturated carbocycles. The van der Waals surface area contributed by atoms with E-state index >= 15 is 0 Å². The molecule has 6 nitrogen and oxygen atoms in total. The van der Waals surface area contributed by atoms with Gasteiger partial charge in [0, 0.05) is 49.0 Å². The fourth-order valence-corrected chi connectivity index (χ4v) is 4.53. The lowest BCUT2D eigenvalue weighted by Crippen LogP contribution is -2.44. The molecule has 1 saturated heterocycles. The Bertz CT molecular complexity index is 1020. The van der Waals surface area contributed by atoms with E-state index in [1.165, 1.54) is 5.56 Å². The van der Waals surface area contributed by atoms with Gasteiger partial charge in [-0.05, 0) is 55.3 Å². The summed E-state index contributed by atoms with van der Waals surface area (Å²) in [7, 11) is 3.89. The number of nitrogens with zero attached hydrogens (tertiary/aromatic N) is 4. The van der Waals surface area contributed by atoms with Crippen molar-refractivity contribution in [2.24, 2.45) is 0 Å². The summed E-state index contributed by atoms with van der Waals surface area (Å²) in [6.07, 6.45) is 1.93. The molecule has 1 aromatic carbocycles. The SMILES string of the molecule is COc1cc(C)c(Nc2nc(-c3ccc(N4CCN(C)CC4)nc3)cs2)cc1C(C)C. The molecule has 0 atom stereocenters. The average molecular weight is 438 g/mol. The van der Waals surface area contributed by atoms with Gasteiger partial charge in [0.05, 0.1) is 12.8 Å². The molecule has 1 N–H and O–H groups in total. The Morgan fingerprint density at radius 1 is 1.13 bits per heavy atom. The van der Waals surface area contributed by atoms with Crippen LogP contribution < -0.4 is 15.0 Å². The lowest BCUT2D eigenvalue weighted by molar-refractivity contribution is 0.312. The van der Waals surface area contributed by atoms with Crippen molar-refractivity contribution in [3.8, 4) is 17.0 Å². The van der Waals surface area contributed by atoms with Gasteiger partial charge in [-0.1, -0.05) is 13.8 Å². The van der Waals surface area contributed by atoms with Gasteiger partial charge in [-0.3, -0.25) is 0 Å². The third-order valence-electron chi connectivity index (χ3n) is 5.82. The molecule has 3 heterocycles. The van der Waals surface area contributed by atoms with E-state index < -0.39 is 0 Å². The zero-order valence-electron chi connectivity index (χ0n) is 19.0. The van der Waals surface area contributed by atoms with Crippen LogP contribution in [-0.4, -0.2) is 55.2 Å². The van der Waals surface area contributed by atoms with Crippen LogP contribution in [0.2, 0.25) is 0 Å². The van der Waals surface area contributed by atoms with Gasteiger partial charge in [0.1, 0.15) is 11.6 Å². The van der Waals surface area contributed by atoms with Gasteiger partial charge in [0.2, 0.25) is 0 Å². The van der Waals surface area contributed by atoms with Crippen LogP contribution >= 0.6 is 11.3 Å². The number of hydrogen-bond donors (Lipinski definition) is 1. The molecule has 0 unspecified atom stereocenters. The number of nitrogens with one attached hydrogen (secondary N) is 1. The van der Waals surface area contributed by atoms with Gasteiger partial charge in [-0.25, -0.2) is 9.97 Å². The number of pyridine rings is 1. The molecule has 0 spiro atoms. The Labute approximate surface area is 188 Å². The first kappa shape index (κ1) is 21.6. The summed E-state index contributed by atoms with van der Waals surface area (Å²) in [6, 6.07) is 8.49. The first-order valence-corrected chi connectivity index (χ1v) is 11.6. The van der Waals surface area contributed by atoms with E-state index in [0.29, 0.717) is 5.92 Å². The fourth-order valence-electron chi connectivity index (χ4n) is 3.80. The Hall–Kier alpha value is -2.64. The summed E-state index contributed by atoms with van der Waals surface area (Å²) in [4.78, 5) is 14.2. The molecule has 0 amide bonds. The quantitative estimate of drug-likeness (QED) is 0.576. The van der Waals surface area contributed by atoms with Crippen molar-refractivity contribution in [1.29, 1.82) is 0 Å². The predicted molar refractivity (Wildman–Crippen MR) is 130 cm³/mol.